The van der Waals surface area contributed by atoms with Gasteiger partial charge in [0.25, 0.3) is 0 Å². The van der Waals surface area contributed by atoms with Crippen LogP contribution in [0.15, 0.2) is 47.2 Å². The molecule has 0 spiro atoms. The van der Waals surface area contributed by atoms with Crippen LogP contribution in [0.4, 0.5) is 4.39 Å². The number of aromatic carboxylic acids is 1. The van der Waals surface area contributed by atoms with E-state index in [0.29, 0.717) is 21.5 Å². The first-order chi connectivity index (χ1) is 9.56. The van der Waals surface area contributed by atoms with Gasteiger partial charge in [-0.2, -0.15) is 0 Å². The average molecular weight is 335 g/mol. The first-order valence-corrected chi connectivity index (χ1v) is 6.52. The highest BCUT2D eigenvalue weighted by molar-refractivity contribution is 9.10. The second-order valence-electron chi connectivity index (χ2n) is 4.21. The van der Waals surface area contributed by atoms with Gasteiger partial charge in [-0.1, -0.05) is 12.1 Å². The number of hydrogen-bond donors (Lipinski definition) is 1. The molecule has 6 heteroatoms. The zero-order chi connectivity index (χ0) is 14.3. The minimum atomic E-state index is -1.03. The second kappa shape index (κ2) is 4.72. The van der Waals surface area contributed by atoms with E-state index in [1.165, 1.54) is 24.4 Å². The van der Waals surface area contributed by atoms with Gasteiger partial charge in [0.05, 0.1) is 11.1 Å². The van der Waals surface area contributed by atoms with E-state index >= 15 is 0 Å². The molecule has 2 aromatic heterocycles. The normalized spacial score (nSPS) is 10.9. The molecule has 0 aliphatic heterocycles. The maximum Gasteiger partial charge on any atom is 0.337 e. The summed E-state index contributed by atoms with van der Waals surface area (Å²) in [5.74, 6) is -0.916. The Balaban J connectivity index is 2.30. The summed E-state index contributed by atoms with van der Waals surface area (Å²) in [7, 11) is 0. The van der Waals surface area contributed by atoms with Crippen molar-refractivity contribution in [1.82, 2.24) is 9.38 Å². The molecule has 0 atom stereocenters. The van der Waals surface area contributed by atoms with Crippen LogP contribution in [0.25, 0.3) is 16.9 Å². The topological polar surface area (TPSA) is 54.6 Å². The molecular formula is C14H8BrFN2O2. The molecule has 0 bridgehead atoms. The first-order valence-electron chi connectivity index (χ1n) is 5.73. The van der Waals surface area contributed by atoms with Crippen LogP contribution < -0.4 is 0 Å². The number of imidazole rings is 1. The van der Waals surface area contributed by atoms with Crippen LogP contribution in [0.5, 0.6) is 0 Å². The number of carbonyl (C=O) groups is 1. The van der Waals surface area contributed by atoms with E-state index in [4.69, 9.17) is 5.11 Å². The molecule has 0 saturated carbocycles. The number of carboxylic acids is 1. The van der Waals surface area contributed by atoms with E-state index in [1.54, 1.807) is 22.6 Å². The van der Waals surface area contributed by atoms with Gasteiger partial charge in [-0.25, -0.2) is 14.2 Å². The number of hydrogen-bond acceptors (Lipinski definition) is 2. The number of halogens is 2. The molecule has 0 fully saturated rings. The maximum atomic E-state index is 13.3. The summed E-state index contributed by atoms with van der Waals surface area (Å²) >= 11 is 3.32. The van der Waals surface area contributed by atoms with Crippen molar-refractivity contribution in [2.24, 2.45) is 0 Å². The minimum Gasteiger partial charge on any atom is -0.478 e. The second-order valence-corrected chi connectivity index (χ2v) is 4.97. The summed E-state index contributed by atoms with van der Waals surface area (Å²) < 4.78 is 15.5. The number of pyridine rings is 1. The summed E-state index contributed by atoms with van der Waals surface area (Å²) in [6, 6.07) is 9.16. The van der Waals surface area contributed by atoms with Crippen LogP contribution in [-0.2, 0) is 0 Å². The molecule has 0 aliphatic rings. The molecule has 1 N–H and O–H groups in total. The molecule has 0 saturated heterocycles. The van der Waals surface area contributed by atoms with E-state index in [2.05, 4.69) is 20.9 Å². The lowest BCUT2D eigenvalue weighted by atomic mass is 10.2. The predicted molar refractivity (Wildman–Crippen MR) is 75.2 cm³/mol. The average Bonchev–Trinajstić information content (AvgIpc) is 2.76. The van der Waals surface area contributed by atoms with Crippen LogP contribution in [0, 0.1) is 5.82 Å². The summed E-state index contributed by atoms with van der Waals surface area (Å²) in [5.41, 5.74) is 1.43. The van der Waals surface area contributed by atoms with Crippen molar-refractivity contribution in [3.8, 4) is 11.4 Å². The molecule has 0 radical (unpaired) electrons. The molecule has 1 aromatic carbocycles. The molecule has 2 heterocycles. The van der Waals surface area contributed by atoms with Crippen LogP contribution in [0.2, 0.25) is 0 Å². The van der Waals surface area contributed by atoms with Crippen molar-refractivity contribution >= 4 is 27.4 Å². The van der Waals surface area contributed by atoms with Gasteiger partial charge in [-0.15, -0.1) is 0 Å². The van der Waals surface area contributed by atoms with Gasteiger partial charge in [-0.05, 0) is 40.2 Å². The third kappa shape index (κ3) is 2.08. The zero-order valence-corrected chi connectivity index (χ0v) is 11.6. The van der Waals surface area contributed by atoms with Crippen molar-refractivity contribution in [2.45, 2.75) is 0 Å². The Morgan fingerprint density at radius 2 is 2.10 bits per heavy atom. The molecular weight excluding hydrogens is 327 g/mol. The summed E-state index contributed by atoms with van der Waals surface area (Å²) in [5, 5.41) is 9.05. The van der Waals surface area contributed by atoms with Gasteiger partial charge in [0, 0.05) is 11.8 Å². The van der Waals surface area contributed by atoms with Gasteiger partial charge in [0.15, 0.2) is 0 Å². The standard InChI is InChI=1S/C14H8BrFN2O2/c15-12-11-5-4-9(14(19)20)7-18(11)13(17-12)8-2-1-3-10(16)6-8/h1-7H,(H,19,20). The molecule has 0 amide bonds. The van der Waals surface area contributed by atoms with Gasteiger partial charge in [0.2, 0.25) is 0 Å². The quantitative estimate of drug-likeness (QED) is 0.779. The smallest absolute Gasteiger partial charge is 0.337 e. The lowest BCUT2D eigenvalue weighted by molar-refractivity contribution is 0.0696. The van der Waals surface area contributed by atoms with E-state index in [1.807, 2.05) is 0 Å². The number of nitrogens with zero attached hydrogens (tertiary/aromatic N) is 2. The van der Waals surface area contributed by atoms with Crippen molar-refractivity contribution < 1.29 is 14.3 Å². The van der Waals surface area contributed by atoms with E-state index in [9.17, 15) is 9.18 Å². The number of fused-ring (bicyclic) bond motifs is 1. The predicted octanol–water partition coefficient (Wildman–Crippen LogP) is 3.60. The molecule has 0 unspecified atom stereocenters. The third-order valence-corrected chi connectivity index (χ3v) is 3.51. The zero-order valence-electron chi connectivity index (χ0n) is 10.0. The fourth-order valence-corrected chi connectivity index (χ4v) is 2.50. The Bertz CT molecular complexity index is 829. The molecule has 4 nitrogen and oxygen atoms in total. The van der Waals surface area contributed by atoms with Crippen molar-refractivity contribution in [3.63, 3.8) is 0 Å². The lowest BCUT2D eigenvalue weighted by Gasteiger charge is -2.03. The molecule has 20 heavy (non-hydrogen) atoms. The highest BCUT2D eigenvalue weighted by atomic mass is 79.9. The third-order valence-electron chi connectivity index (χ3n) is 2.92. The van der Waals surface area contributed by atoms with Crippen LogP contribution in [-0.4, -0.2) is 20.5 Å². The summed E-state index contributed by atoms with van der Waals surface area (Å²) in [4.78, 5) is 15.4. The van der Waals surface area contributed by atoms with Gasteiger partial charge < -0.3 is 5.11 Å². The number of benzene rings is 1. The largest absolute Gasteiger partial charge is 0.478 e. The van der Waals surface area contributed by atoms with E-state index < -0.39 is 5.97 Å². The molecule has 0 aliphatic carbocycles. The monoisotopic (exact) mass is 334 g/mol. The molecule has 100 valence electrons. The Morgan fingerprint density at radius 1 is 1.30 bits per heavy atom. The number of rotatable bonds is 2. The lowest BCUT2D eigenvalue weighted by Crippen LogP contribution is -1.99. The van der Waals surface area contributed by atoms with Gasteiger partial charge >= 0.3 is 5.97 Å². The SMILES string of the molecule is O=C(O)c1ccc2c(Br)nc(-c3cccc(F)c3)n2c1. The fourth-order valence-electron chi connectivity index (χ4n) is 2.01. The van der Waals surface area contributed by atoms with Crippen LogP contribution in [0.3, 0.4) is 0 Å². The highest BCUT2D eigenvalue weighted by Crippen LogP contribution is 2.27. The maximum absolute atomic E-state index is 13.3. The number of carboxylic acid groups (broad SMARTS) is 1. The van der Waals surface area contributed by atoms with Crippen molar-refractivity contribution in [3.05, 3.63) is 58.6 Å². The van der Waals surface area contributed by atoms with Gasteiger partial charge in [-0.3, -0.25) is 4.40 Å². The first kappa shape index (κ1) is 12.8. The fraction of sp³-hybridized carbons (Fsp3) is 0. The Morgan fingerprint density at radius 3 is 2.80 bits per heavy atom. The Kier molecular flexibility index (Phi) is 3.02. The van der Waals surface area contributed by atoms with Crippen molar-refractivity contribution in [1.29, 1.82) is 0 Å². The summed E-state index contributed by atoms with van der Waals surface area (Å²) in [6.07, 6.45) is 1.47. The highest BCUT2D eigenvalue weighted by Gasteiger charge is 2.13. The molecule has 3 rings (SSSR count). The van der Waals surface area contributed by atoms with Crippen LogP contribution in [0.1, 0.15) is 10.4 Å². The van der Waals surface area contributed by atoms with Gasteiger partial charge in [0.1, 0.15) is 16.2 Å². The van der Waals surface area contributed by atoms with E-state index in [0.717, 1.165) is 0 Å². The summed E-state index contributed by atoms with van der Waals surface area (Å²) in [6.45, 7) is 0. The minimum absolute atomic E-state index is 0.139. The number of aromatic nitrogens is 2. The van der Waals surface area contributed by atoms with E-state index in [-0.39, 0.29) is 11.4 Å². The van der Waals surface area contributed by atoms with Crippen molar-refractivity contribution in [2.75, 3.05) is 0 Å². The Labute approximate surface area is 121 Å². The molecule has 3 aromatic rings. The Hall–Kier alpha value is -2.21. The van der Waals surface area contributed by atoms with Crippen LogP contribution >= 0.6 is 15.9 Å².